The molecule has 9 heteroatoms. The second kappa shape index (κ2) is 48.2. The SMILES string of the molecule is CC/C=C\C/C=C\C/C=C\C/C=C\C/C=C\C/C=C\CCCCCCCCCCCCC(=O)OC(COC(=O)CCCCCCCCCCCCCC)COC(OCC[N+](C)(C)C)C(=O)O. The molecule has 1 N–H and O–H groups in total. The maximum absolute atomic E-state index is 12.8. The van der Waals surface area contributed by atoms with Gasteiger partial charge in [-0.15, -0.1) is 0 Å². The van der Waals surface area contributed by atoms with Crippen molar-refractivity contribution in [2.75, 3.05) is 47.5 Å². The number of allylic oxidation sites excluding steroid dienone is 12. The number of aliphatic carboxylic acids is 1. The first-order valence-electron chi connectivity index (χ1n) is 26.6. The summed E-state index contributed by atoms with van der Waals surface area (Å²) in [6, 6.07) is 0. The fourth-order valence-corrected chi connectivity index (χ4v) is 7.13. The van der Waals surface area contributed by atoms with Crippen molar-refractivity contribution in [1.82, 2.24) is 0 Å². The number of nitrogens with zero attached hydrogens (tertiary/aromatic N) is 1. The van der Waals surface area contributed by atoms with Crippen LogP contribution in [0.5, 0.6) is 0 Å². The number of ether oxygens (including phenoxy) is 4. The Hall–Kier alpha value is -3.27. The van der Waals surface area contributed by atoms with Crippen LogP contribution >= 0.6 is 0 Å². The lowest BCUT2D eigenvalue weighted by atomic mass is 10.0. The van der Waals surface area contributed by atoms with Crippen LogP contribution in [-0.2, 0) is 33.3 Å². The number of likely N-dealkylation sites (N-methyl/N-ethyl adjacent to an activating group) is 1. The molecule has 0 aromatic heterocycles. The monoisotopic (exact) mass is 927 g/mol. The van der Waals surface area contributed by atoms with Gasteiger partial charge in [0, 0.05) is 12.8 Å². The second-order valence-corrected chi connectivity index (χ2v) is 18.8. The second-order valence-electron chi connectivity index (χ2n) is 18.8. The van der Waals surface area contributed by atoms with E-state index in [0.29, 0.717) is 23.9 Å². The maximum atomic E-state index is 12.8. The highest BCUT2D eigenvalue weighted by atomic mass is 16.7. The van der Waals surface area contributed by atoms with Crippen LogP contribution in [0.4, 0.5) is 0 Å². The van der Waals surface area contributed by atoms with E-state index in [-0.39, 0.29) is 32.2 Å². The van der Waals surface area contributed by atoms with Crippen LogP contribution in [0.3, 0.4) is 0 Å². The van der Waals surface area contributed by atoms with Gasteiger partial charge in [0.2, 0.25) is 0 Å². The zero-order valence-corrected chi connectivity index (χ0v) is 43.1. The molecule has 9 nitrogen and oxygen atoms in total. The van der Waals surface area contributed by atoms with Crippen LogP contribution in [0.15, 0.2) is 72.9 Å². The molecule has 0 rings (SSSR count). The molecule has 0 radical (unpaired) electrons. The Morgan fingerprint density at radius 3 is 1.29 bits per heavy atom. The number of hydrogen-bond donors (Lipinski definition) is 1. The van der Waals surface area contributed by atoms with Crippen LogP contribution in [0.2, 0.25) is 0 Å². The van der Waals surface area contributed by atoms with Gasteiger partial charge in [-0.2, -0.15) is 0 Å². The first kappa shape index (κ1) is 62.7. The molecule has 2 atom stereocenters. The van der Waals surface area contributed by atoms with Crippen molar-refractivity contribution in [3.8, 4) is 0 Å². The van der Waals surface area contributed by atoms with Crippen molar-refractivity contribution >= 4 is 17.9 Å². The van der Waals surface area contributed by atoms with Gasteiger partial charge in [0.05, 0.1) is 34.4 Å². The number of esters is 2. The smallest absolute Gasteiger partial charge is 0.361 e. The van der Waals surface area contributed by atoms with E-state index in [2.05, 4.69) is 86.8 Å². The van der Waals surface area contributed by atoms with Crippen LogP contribution < -0.4 is 0 Å². The summed E-state index contributed by atoms with van der Waals surface area (Å²) in [6.07, 6.45) is 58.3. The predicted molar refractivity (Wildman–Crippen MR) is 276 cm³/mol. The van der Waals surface area contributed by atoms with Crippen LogP contribution in [0, 0.1) is 0 Å². The standard InChI is InChI=1S/C57H99NO8/c1-6-8-10-12-14-16-18-20-21-22-23-24-25-26-27-28-29-30-31-32-33-34-35-36-38-40-42-44-46-48-55(60)66-53(52-65-57(56(61)62)63-50-49-58(3,4)5)51-64-54(59)47-45-43-41-39-37-19-17-15-13-11-9-7-2/h8,10,14,16,20-21,23-24,26-27,29-30,53,57H,6-7,9,11-13,15,17-19,22,25,28,31-52H2,1-5H3/p+1/b10-8-,16-14-,21-20-,24-23-,27-26-,30-29-. The number of unbranched alkanes of at least 4 members (excludes halogenated alkanes) is 21. The third-order valence-electron chi connectivity index (χ3n) is 11.2. The molecular formula is C57H100NO8+. The van der Waals surface area contributed by atoms with Crippen molar-refractivity contribution in [2.24, 2.45) is 0 Å². The third-order valence-corrected chi connectivity index (χ3v) is 11.2. The van der Waals surface area contributed by atoms with Gasteiger partial charge < -0.3 is 28.5 Å². The molecule has 0 amide bonds. The van der Waals surface area contributed by atoms with E-state index < -0.39 is 24.3 Å². The summed E-state index contributed by atoms with van der Waals surface area (Å²) in [4.78, 5) is 37.2. The molecule has 0 fully saturated rings. The van der Waals surface area contributed by atoms with Gasteiger partial charge in [-0.3, -0.25) is 9.59 Å². The number of quaternary nitrogens is 1. The molecule has 2 unspecified atom stereocenters. The minimum atomic E-state index is -1.51. The van der Waals surface area contributed by atoms with Crippen LogP contribution in [0.1, 0.15) is 213 Å². The molecule has 0 aliphatic rings. The molecule has 0 aromatic rings. The van der Waals surface area contributed by atoms with Crippen molar-refractivity contribution in [1.29, 1.82) is 0 Å². The lowest BCUT2D eigenvalue weighted by Crippen LogP contribution is -2.40. The molecule has 380 valence electrons. The van der Waals surface area contributed by atoms with E-state index in [0.717, 1.165) is 83.5 Å². The Kier molecular flexibility index (Phi) is 45.8. The summed E-state index contributed by atoms with van der Waals surface area (Å²) in [7, 11) is 5.96. The fourth-order valence-electron chi connectivity index (χ4n) is 7.13. The Balaban J connectivity index is 4.24. The van der Waals surface area contributed by atoms with Gasteiger partial charge in [0.25, 0.3) is 6.29 Å². The molecule has 0 spiro atoms. The molecule has 0 heterocycles. The Bertz CT molecular complexity index is 1310. The highest BCUT2D eigenvalue weighted by Gasteiger charge is 2.25. The highest BCUT2D eigenvalue weighted by molar-refractivity contribution is 5.71. The topological polar surface area (TPSA) is 108 Å². The molecular weight excluding hydrogens is 827 g/mol. The van der Waals surface area contributed by atoms with E-state index in [1.54, 1.807) is 0 Å². The maximum Gasteiger partial charge on any atom is 0.361 e. The molecule has 0 saturated carbocycles. The highest BCUT2D eigenvalue weighted by Crippen LogP contribution is 2.15. The van der Waals surface area contributed by atoms with Gasteiger partial charge in [-0.05, 0) is 64.2 Å². The number of carboxylic acid groups (broad SMARTS) is 1. The van der Waals surface area contributed by atoms with E-state index in [1.165, 1.54) is 96.3 Å². The Morgan fingerprint density at radius 2 is 0.864 bits per heavy atom. The number of carbonyl (C=O) groups excluding carboxylic acids is 2. The molecule has 0 aromatic carbocycles. The number of rotatable bonds is 48. The predicted octanol–water partition coefficient (Wildman–Crippen LogP) is 15.1. The Labute approximate surface area is 405 Å². The van der Waals surface area contributed by atoms with Gasteiger partial charge in [0.1, 0.15) is 13.2 Å². The molecule has 66 heavy (non-hydrogen) atoms. The molecule has 0 aliphatic carbocycles. The average Bonchev–Trinajstić information content (AvgIpc) is 3.28. The van der Waals surface area contributed by atoms with E-state index in [9.17, 15) is 19.5 Å². The zero-order valence-electron chi connectivity index (χ0n) is 43.1. The zero-order chi connectivity index (χ0) is 48.4. The summed E-state index contributed by atoms with van der Waals surface area (Å²) < 4.78 is 22.8. The van der Waals surface area contributed by atoms with E-state index in [1.807, 2.05) is 21.1 Å². The van der Waals surface area contributed by atoms with Crippen molar-refractivity contribution in [3.63, 3.8) is 0 Å². The number of carboxylic acids is 1. The summed E-state index contributed by atoms with van der Waals surface area (Å²) >= 11 is 0. The lowest BCUT2D eigenvalue weighted by molar-refractivity contribution is -0.870. The van der Waals surface area contributed by atoms with Crippen LogP contribution in [0.25, 0.3) is 0 Å². The van der Waals surface area contributed by atoms with Crippen molar-refractivity contribution in [3.05, 3.63) is 72.9 Å². The summed E-state index contributed by atoms with van der Waals surface area (Å²) in [5.41, 5.74) is 0. The van der Waals surface area contributed by atoms with E-state index in [4.69, 9.17) is 18.9 Å². The van der Waals surface area contributed by atoms with Gasteiger partial charge in [-0.25, -0.2) is 4.79 Å². The summed E-state index contributed by atoms with van der Waals surface area (Å²) in [6.45, 7) is 4.75. The molecule has 0 saturated heterocycles. The molecule has 0 bridgehead atoms. The quantitative estimate of drug-likeness (QED) is 0.0211. The van der Waals surface area contributed by atoms with E-state index >= 15 is 0 Å². The van der Waals surface area contributed by atoms with Crippen molar-refractivity contribution in [2.45, 2.75) is 225 Å². The largest absolute Gasteiger partial charge is 0.477 e. The normalized spacial score (nSPS) is 13.4. The van der Waals surface area contributed by atoms with Crippen LogP contribution in [-0.4, -0.2) is 87.4 Å². The Morgan fingerprint density at radius 1 is 0.470 bits per heavy atom. The first-order valence-corrected chi connectivity index (χ1v) is 26.6. The van der Waals surface area contributed by atoms with Gasteiger partial charge in [0.15, 0.2) is 6.10 Å². The molecule has 0 aliphatic heterocycles. The first-order chi connectivity index (χ1) is 32.1. The minimum Gasteiger partial charge on any atom is -0.477 e. The average molecular weight is 927 g/mol. The fraction of sp³-hybridized carbons (Fsp3) is 0.737. The summed E-state index contributed by atoms with van der Waals surface area (Å²) in [5.74, 6) is -2.01. The third kappa shape index (κ3) is 48.7. The van der Waals surface area contributed by atoms with Crippen molar-refractivity contribution < 1.29 is 42.9 Å². The van der Waals surface area contributed by atoms with Gasteiger partial charge >= 0.3 is 17.9 Å². The lowest BCUT2D eigenvalue weighted by Gasteiger charge is -2.25. The summed E-state index contributed by atoms with van der Waals surface area (Å²) in [5, 5.41) is 9.67. The van der Waals surface area contributed by atoms with Gasteiger partial charge in [-0.1, -0.05) is 209 Å². The minimum absolute atomic E-state index is 0.184. The number of carbonyl (C=O) groups is 3. The number of hydrogen-bond acceptors (Lipinski definition) is 7.